The zero-order valence-electron chi connectivity index (χ0n) is 14.8. The number of carbonyl (C=O) groups excluding carboxylic acids is 1. The van der Waals surface area contributed by atoms with Crippen molar-refractivity contribution in [3.63, 3.8) is 0 Å². The Morgan fingerprint density at radius 3 is 2.46 bits per heavy atom. The van der Waals surface area contributed by atoms with Crippen molar-refractivity contribution < 1.29 is 9.53 Å². The van der Waals surface area contributed by atoms with E-state index in [1.54, 1.807) is 35.0 Å². The van der Waals surface area contributed by atoms with Gasteiger partial charge in [-0.3, -0.25) is 14.3 Å². The predicted molar refractivity (Wildman–Crippen MR) is 96.0 cm³/mol. The third kappa shape index (κ3) is 2.71. The number of aromatic nitrogens is 3. The number of piperazine rings is 1. The molecule has 0 N–H and O–H groups in total. The number of anilines is 1. The van der Waals surface area contributed by atoms with Crippen molar-refractivity contribution in [2.75, 3.05) is 25.1 Å². The largest absolute Gasteiger partial charge is 0.453 e. The Bertz CT molecular complexity index is 868. The van der Waals surface area contributed by atoms with Crippen LogP contribution in [0, 0.1) is 0 Å². The van der Waals surface area contributed by atoms with Crippen LogP contribution in [-0.2, 0) is 11.8 Å². The van der Waals surface area contributed by atoms with Gasteiger partial charge in [0.25, 0.3) is 5.56 Å². The average molecular weight is 355 g/mol. The summed E-state index contributed by atoms with van der Waals surface area (Å²) in [5.41, 5.74) is 1.40. The number of nitrogens with zero attached hydrogens (tertiary/aromatic N) is 5. The second-order valence-corrected chi connectivity index (χ2v) is 6.74. The minimum Gasteiger partial charge on any atom is -0.453 e. The normalized spacial score (nSPS) is 21.8. The Kier molecular flexibility index (Phi) is 4.10. The molecule has 2 bridgehead atoms. The highest BCUT2D eigenvalue weighted by Gasteiger charge is 2.43. The monoisotopic (exact) mass is 355 g/mol. The molecular weight excluding hydrogens is 334 g/mol. The van der Waals surface area contributed by atoms with Crippen LogP contribution in [0.5, 0.6) is 0 Å². The number of hydrogen-bond donors (Lipinski definition) is 0. The van der Waals surface area contributed by atoms with E-state index < -0.39 is 0 Å². The summed E-state index contributed by atoms with van der Waals surface area (Å²) in [6.07, 6.45) is 5.01. The molecule has 0 aromatic carbocycles. The summed E-state index contributed by atoms with van der Waals surface area (Å²) in [6, 6.07) is 5.51. The topological polar surface area (TPSA) is 80.6 Å². The molecule has 0 spiro atoms. The number of amides is 1. The first-order valence-electron chi connectivity index (χ1n) is 8.68. The molecular formula is C18H21N5O3. The summed E-state index contributed by atoms with van der Waals surface area (Å²) < 4.78 is 6.45. The van der Waals surface area contributed by atoms with Gasteiger partial charge >= 0.3 is 6.09 Å². The van der Waals surface area contributed by atoms with Crippen LogP contribution in [0.1, 0.15) is 12.8 Å². The van der Waals surface area contributed by atoms with Crippen LogP contribution in [0.2, 0.25) is 0 Å². The summed E-state index contributed by atoms with van der Waals surface area (Å²) in [5.74, 6) is 0.654. The molecule has 4 heterocycles. The number of pyridine rings is 1. The lowest BCUT2D eigenvalue weighted by molar-refractivity contribution is 0.113. The lowest BCUT2D eigenvalue weighted by Crippen LogP contribution is -2.56. The van der Waals surface area contributed by atoms with Crippen molar-refractivity contribution in [2.24, 2.45) is 7.05 Å². The number of methoxy groups -OCH3 is 1. The SMILES string of the molecule is COC(=O)N1C[C@H]2CC[C@@H](C1)N2c1nc(-c2ccncc2)cc(=O)n1C. The van der Waals surface area contributed by atoms with Crippen molar-refractivity contribution in [1.82, 2.24) is 19.4 Å². The minimum atomic E-state index is -0.297. The molecule has 2 atom stereocenters. The first kappa shape index (κ1) is 16.6. The number of ether oxygens (including phenoxy) is 1. The Morgan fingerprint density at radius 2 is 1.85 bits per heavy atom. The van der Waals surface area contributed by atoms with E-state index >= 15 is 0 Å². The molecule has 2 saturated heterocycles. The summed E-state index contributed by atoms with van der Waals surface area (Å²) in [7, 11) is 3.15. The Hall–Kier alpha value is -2.90. The van der Waals surface area contributed by atoms with Crippen molar-refractivity contribution in [2.45, 2.75) is 24.9 Å². The van der Waals surface area contributed by atoms with Gasteiger partial charge in [-0.25, -0.2) is 9.78 Å². The zero-order valence-corrected chi connectivity index (χ0v) is 14.8. The summed E-state index contributed by atoms with van der Waals surface area (Å²) in [4.78, 5) is 37.2. The number of hydrogen-bond acceptors (Lipinski definition) is 6. The van der Waals surface area contributed by atoms with E-state index in [1.165, 1.54) is 7.11 Å². The Balaban J connectivity index is 1.72. The van der Waals surface area contributed by atoms with Crippen molar-refractivity contribution in [1.29, 1.82) is 0 Å². The lowest BCUT2D eigenvalue weighted by Gasteiger charge is -2.41. The van der Waals surface area contributed by atoms with Crippen LogP contribution in [0.4, 0.5) is 10.7 Å². The van der Waals surface area contributed by atoms with Gasteiger partial charge in [0.15, 0.2) is 0 Å². The molecule has 26 heavy (non-hydrogen) atoms. The molecule has 136 valence electrons. The molecule has 2 aliphatic rings. The van der Waals surface area contributed by atoms with Crippen molar-refractivity contribution >= 4 is 12.0 Å². The summed E-state index contributed by atoms with van der Waals surface area (Å²) in [5, 5.41) is 0. The third-order valence-corrected chi connectivity index (χ3v) is 5.23. The maximum absolute atomic E-state index is 12.5. The quantitative estimate of drug-likeness (QED) is 0.807. The van der Waals surface area contributed by atoms with Gasteiger partial charge in [0, 0.05) is 44.2 Å². The van der Waals surface area contributed by atoms with Crippen molar-refractivity contribution in [3.05, 3.63) is 40.9 Å². The van der Waals surface area contributed by atoms with E-state index in [0.29, 0.717) is 24.7 Å². The summed E-state index contributed by atoms with van der Waals surface area (Å²) >= 11 is 0. The highest BCUT2D eigenvalue weighted by molar-refractivity contribution is 5.68. The van der Waals surface area contributed by atoms with Gasteiger partial charge in [0.2, 0.25) is 5.95 Å². The fourth-order valence-corrected chi connectivity index (χ4v) is 3.94. The first-order chi connectivity index (χ1) is 12.6. The molecule has 2 aromatic rings. The van der Waals surface area contributed by atoms with Crippen LogP contribution < -0.4 is 10.5 Å². The number of carbonyl (C=O) groups is 1. The van der Waals surface area contributed by atoms with Crippen LogP contribution >= 0.6 is 0 Å². The molecule has 2 aromatic heterocycles. The standard InChI is InChI=1S/C18H21N5O3/c1-21-16(24)9-15(12-5-7-19-8-6-12)20-17(21)23-13-3-4-14(23)11-22(10-13)18(25)26-2/h5-9,13-14H,3-4,10-11H2,1-2H3/t13-,14+. The smallest absolute Gasteiger partial charge is 0.409 e. The maximum Gasteiger partial charge on any atom is 0.409 e. The fraction of sp³-hybridized carbons (Fsp3) is 0.444. The second kappa shape index (κ2) is 6.44. The van der Waals surface area contributed by atoms with E-state index in [9.17, 15) is 9.59 Å². The van der Waals surface area contributed by atoms with Crippen molar-refractivity contribution in [3.8, 4) is 11.3 Å². The van der Waals surface area contributed by atoms with E-state index in [4.69, 9.17) is 9.72 Å². The van der Waals surface area contributed by atoms with Crippen LogP contribution in [-0.4, -0.2) is 57.8 Å². The molecule has 0 aliphatic carbocycles. The molecule has 8 nitrogen and oxygen atoms in total. The molecule has 0 unspecified atom stereocenters. The van der Waals surface area contributed by atoms with Crippen LogP contribution in [0.3, 0.4) is 0 Å². The zero-order chi connectivity index (χ0) is 18.3. The molecule has 8 heteroatoms. The highest BCUT2D eigenvalue weighted by atomic mass is 16.5. The van der Waals surface area contributed by atoms with Gasteiger partial charge in [-0.05, 0) is 25.0 Å². The number of rotatable bonds is 2. The van der Waals surface area contributed by atoms with E-state index in [0.717, 1.165) is 18.4 Å². The predicted octanol–water partition coefficient (Wildman–Crippen LogP) is 1.26. The molecule has 0 radical (unpaired) electrons. The molecule has 4 rings (SSSR count). The first-order valence-corrected chi connectivity index (χ1v) is 8.68. The Labute approximate surface area is 151 Å². The third-order valence-electron chi connectivity index (χ3n) is 5.23. The van der Waals surface area contributed by atoms with E-state index in [1.807, 2.05) is 12.1 Å². The lowest BCUT2D eigenvalue weighted by atomic mass is 10.2. The van der Waals surface area contributed by atoms with Gasteiger partial charge in [0.05, 0.1) is 24.9 Å². The maximum atomic E-state index is 12.5. The van der Waals surface area contributed by atoms with E-state index in [2.05, 4.69) is 9.88 Å². The van der Waals surface area contributed by atoms with Gasteiger partial charge < -0.3 is 14.5 Å². The van der Waals surface area contributed by atoms with Crippen LogP contribution in [0.15, 0.2) is 35.4 Å². The summed E-state index contributed by atoms with van der Waals surface area (Å²) in [6.45, 7) is 1.16. The highest BCUT2D eigenvalue weighted by Crippen LogP contribution is 2.34. The van der Waals surface area contributed by atoms with Gasteiger partial charge in [0.1, 0.15) is 0 Å². The molecule has 2 aliphatic heterocycles. The Morgan fingerprint density at radius 1 is 1.19 bits per heavy atom. The molecule has 2 fully saturated rings. The van der Waals surface area contributed by atoms with E-state index in [-0.39, 0.29) is 23.7 Å². The number of likely N-dealkylation sites (tertiary alicyclic amines) is 1. The average Bonchev–Trinajstić information content (AvgIpc) is 2.92. The van der Waals surface area contributed by atoms with Gasteiger partial charge in [-0.15, -0.1) is 0 Å². The fourth-order valence-electron chi connectivity index (χ4n) is 3.94. The molecule has 0 saturated carbocycles. The second-order valence-electron chi connectivity index (χ2n) is 6.74. The van der Waals surface area contributed by atoms with Crippen LogP contribution in [0.25, 0.3) is 11.3 Å². The minimum absolute atomic E-state index is 0.100. The van der Waals surface area contributed by atoms with Gasteiger partial charge in [-0.2, -0.15) is 0 Å². The van der Waals surface area contributed by atoms with Gasteiger partial charge in [-0.1, -0.05) is 0 Å². The number of fused-ring (bicyclic) bond motifs is 2. The molecule has 1 amide bonds.